The summed E-state index contributed by atoms with van der Waals surface area (Å²) in [7, 11) is 0. The molecule has 0 amide bonds. The maximum absolute atomic E-state index is 12.1. The van der Waals surface area contributed by atoms with E-state index in [1.807, 2.05) is 6.20 Å². The Bertz CT molecular complexity index is 546. The highest BCUT2D eigenvalue weighted by molar-refractivity contribution is 5.48. The molecule has 1 heterocycles. The number of aliphatic hydroxyl groups excluding tert-OH is 1. The van der Waals surface area contributed by atoms with E-state index in [1.165, 1.54) is 12.1 Å². The van der Waals surface area contributed by atoms with Gasteiger partial charge >= 0.3 is 6.61 Å². The van der Waals surface area contributed by atoms with Crippen molar-refractivity contribution in [2.45, 2.75) is 19.7 Å². The number of hydrogen-bond donors (Lipinski definition) is 2. The van der Waals surface area contributed by atoms with Gasteiger partial charge in [0.25, 0.3) is 0 Å². The van der Waals surface area contributed by atoms with E-state index in [0.29, 0.717) is 18.8 Å². The minimum absolute atomic E-state index is 0.0293. The SMILES string of the molecule is OCCn1cc(CNc2cccc(OC(F)F)c2)cn1. The Morgan fingerprint density at radius 2 is 2.25 bits per heavy atom. The number of benzene rings is 1. The first-order valence-electron chi connectivity index (χ1n) is 6.08. The van der Waals surface area contributed by atoms with Crippen LogP contribution in [-0.4, -0.2) is 28.1 Å². The van der Waals surface area contributed by atoms with E-state index in [-0.39, 0.29) is 12.4 Å². The lowest BCUT2D eigenvalue weighted by molar-refractivity contribution is -0.0498. The second kappa shape index (κ2) is 6.85. The standard InChI is InChI=1S/C13H15F2N3O2/c14-13(15)20-12-3-1-2-11(6-12)16-7-10-8-17-18(9-10)4-5-19/h1-3,6,8-9,13,16,19H,4-5,7H2. The molecule has 0 aliphatic carbocycles. The van der Waals surface area contributed by atoms with Crippen LogP contribution in [-0.2, 0) is 13.1 Å². The van der Waals surface area contributed by atoms with Crippen molar-refractivity contribution in [2.75, 3.05) is 11.9 Å². The molecule has 0 radical (unpaired) electrons. The van der Waals surface area contributed by atoms with Crippen molar-refractivity contribution in [3.05, 3.63) is 42.2 Å². The molecule has 2 rings (SSSR count). The highest BCUT2D eigenvalue weighted by Crippen LogP contribution is 2.19. The molecule has 0 aliphatic rings. The summed E-state index contributed by atoms with van der Waals surface area (Å²) >= 11 is 0. The molecule has 0 saturated carbocycles. The van der Waals surface area contributed by atoms with Crippen molar-refractivity contribution in [1.82, 2.24) is 9.78 Å². The van der Waals surface area contributed by atoms with Crippen LogP contribution in [0.1, 0.15) is 5.56 Å². The zero-order valence-electron chi connectivity index (χ0n) is 10.7. The molecule has 2 N–H and O–H groups in total. The number of aromatic nitrogens is 2. The molecular formula is C13H15F2N3O2. The second-order valence-corrected chi connectivity index (χ2v) is 4.10. The fraction of sp³-hybridized carbons (Fsp3) is 0.308. The lowest BCUT2D eigenvalue weighted by atomic mass is 10.3. The molecule has 7 heteroatoms. The summed E-state index contributed by atoms with van der Waals surface area (Å²) in [5.74, 6) is 0.112. The molecule has 0 aliphatic heterocycles. The van der Waals surface area contributed by atoms with Crippen molar-refractivity contribution in [3.8, 4) is 5.75 Å². The van der Waals surface area contributed by atoms with Crippen molar-refractivity contribution in [2.24, 2.45) is 0 Å². The highest BCUT2D eigenvalue weighted by Gasteiger charge is 2.05. The number of nitrogens with zero attached hydrogens (tertiary/aromatic N) is 2. The van der Waals surface area contributed by atoms with Crippen LogP contribution < -0.4 is 10.1 Å². The van der Waals surface area contributed by atoms with E-state index in [0.717, 1.165) is 5.56 Å². The summed E-state index contributed by atoms with van der Waals surface area (Å²) in [4.78, 5) is 0. The zero-order valence-corrected chi connectivity index (χ0v) is 10.7. The van der Waals surface area contributed by atoms with E-state index in [1.54, 1.807) is 23.0 Å². The Kier molecular flexibility index (Phi) is 4.89. The third-order valence-electron chi connectivity index (χ3n) is 2.57. The van der Waals surface area contributed by atoms with Gasteiger partial charge in [0.15, 0.2) is 0 Å². The maximum atomic E-state index is 12.1. The van der Waals surface area contributed by atoms with Crippen LogP contribution in [0.15, 0.2) is 36.7 Å². The molecule has 0 fully saturated rings. The van der Waals surface area contributed by atoms with Crippen LogP contribution in [0, 0.1) is 0 Å². The lowest BCUT2D eigenvalue weighted by Crippen LogP contribution is -2.03. The van der Waals surface area contributed by atoms with Crippen LogP contribution in [0.5, 0.6) is 5.75 Å². The summed E-state index contributed by atoms with van der Waals surface area (Å²) in [5.41, 5.74) is 1.61. The topological polar surface area (TPSA) is 59.3 Å². The van der Waals surface area contributed by atoms with Gasteiger partial charge in [0.1, 0.15) is 5.75 Å². The van der Waals surface area contributed by atoms with Crippen LogP contribution >= 0.6 is 0 Å². The van der Waals surface area contributed by atoms with Gasteiger partial charge in [-0.05, 0) is 12.1 Å². The minimum Gasteiger partial charge on any atom is -0.435 e. The highest BCUT2D eigenvalue weighted by atomic mass is 19.3. The number of alkyl halides is 2. The van der Waals surface area contributed by atoms with Crippen LogP contribution in [0.4, 0.5) is 14.5 Å². The first-order chi connectivity index (χ1) is 9.67. The Morgan fingerprint density at radius 3 is 3.00 bits per heavy atom. The first kappa shape index (κ1) is 14.3. The van der Waals surface area contributed by atoms with Gasteiger partial charge in [-0.3, -0.25) is 4.68 Å². The summed E-state index contributed by atoms with van der Waals surface area (Å²) in [5, 5.41) is 15.9. The van der Waals surface area contributed by atoms with E-state index >= 15 is 0 Å². The van der Waals surface area contributed by atoms with Gasteiger partial charge in [0, 0.05) is 30.1 Å². The normalized spacial score (nSPS) is 10.8. The zero-order chi connectivity index (χ0) is 14.4. The second-order valence-electron chi connectivity index (χ2n) is 4.10. The number of hydrogen-bond acceptors (Lipinski definition) is 4. The molecule has 20 heavy (non-hydrogen) atoms. The van der Waals surface area contributed by atoms with E-state index in [2.05, 4.69) is 15.2 Å². The van der Waals surface area contributed by atoms with E-state index < -0.39 is 6.61 Å². The predicted octanol–water partition coefficient (Wildman–Crippen LogP) is 2.09. The number of rotatable bonds is 7. The lowest BCUT2D eigenvalue weighted by Gasteiger charge is -2.08. The average Bonchev–Trinajstić information content (AvgIpc) is 2.84. The minimum atomic E-state index is -2.83. The van der Waals surface area contributed by atoms with Gasteiger partial charge in [-0.1, -0.05) is 6.07 Å². The molecule has 0 saturated heterocycles. The summed E-state index contributed by atoms with van der Waals surface area (Å²) < 4.78 is 30.2. The molecule has 0 unspecified atom stereocenters. The maximum Gasteiger partial charge on any atom is 0.387 e. The van der Waals surface area contributed by atoms with Gasteiger partial charge in [-0.25, -0.2) is 0 Å². The van der Waals surface area contributed by atoms with Crippen LogP contribution in [0.3, 0.4) is 0 Å². The van der Waals surface area contributed by atoms with E-state index in [9.17, 15) is 8.78 Å². The van der Waals surface area contributed by atoms with Crippen molar-refractivity contribution >= 4 is 5.69 Å². The molecule has 0 atom stereocenters. The number of halogens is 2. The Labute approximate surface area is 114 Å². The fourth-order valence-corrected chi connectivity index (χ4v) is 1.71. The summed E-state index contributed by atoms with van der Waals surface area (Å²) in [6.07, 6.45) is 3.49. The molecule has 1 aromatic heterocycles. The number of anilines is 1. The molecule has 5 nitrogen and oxygen atoms in total. The smallest absolute Gasteiger partial charge is 0.387 e. The van der Waals surface area contributed by atoms with E-state index in [4.69, 9.17) is 5.11 Å². The third kappa shape index (κ3) is 4.20. The van der Waals surface area contributed by atoms with Gasteiger partial charge in [0.2, 0.25) is 0 Å². The van der Waals surface area contributed by atoms with Gasteiger partial charge < -0.3 is 15.2 Å². The summed E-state index contributed by atoms with van der Waals surface area (Å²) in [6, 6.07) is 6.37. The molecule has 0 bridgehead atoms. The molecule has 2 aromatic rings. The van der Waals surface area contributed by atoms with Crippen molar-refractivity contribution in [3.63, 3.8) is 0 Å². The monoisotopic (exact) mass is 283 g/mol. The van der Waals surface area contributed by atoms with Crippen LogP contribution in [0.2, 0.25) is 0 Å². The Balaban J connectivity index is 1.92. The van der Waals surface area contributed by atoms with Crippen LogP contribution in [0.25, 0.3) is 0 Å². The molecular weight excluding hydrogens is 268 g/mol. The van der Waals surface area contributed by atoms with Gasteiger partial charge in [0.05, 0.1) is 19.3 Å². The Hall–Kier alpha value is -2.15. The molecule has 108 valence electrons. The number of nitrogens with one attached hydrogen (secondary N) is 1. The quantitative estimate of drug-likeness (QED) is 0.817. The first-order valence-corrected chi connectivity index (χ1v) is 6.08. The number of aliphatic hydroxyl groups is 1. The molecule has 0 spiro atoms. The predicted molar refractivity (Wildman–Crippen MR) is 69.7 cm³/mol. The Morgan fingerprint density at radius 1 is 1.40 bits per heavy atom. The fourth-order valence-electron chi connectivity index (χ4n) is 1.71. The summed E-state index contributed by atoms with van der Waals surface area (Å²) in [6.45, 7) is -1.86. The van der Waals surface area contributed by atoms with Crippen molar-refractivity contribution < 1.29 is 18.6 Å². The van der Waals surface area contributed by atoms with Crippen molar-refractivity contribution in [1.29, 1.82) is 0 Å². The average molecular weight is 283 g/mol. The molecule has 1 aromatic carbocycles. The number of ether oxygens (including phenoxy) is 1. The van der Waals surface area contributed by atoms with Gasteiger partial charge in [-0.15, -0.1) is 0 Å². The van der Waals surface area contributed by atoms with Gasteiger partial charge in [-0.2, -0.15) is 13.9 Å². The third-order valence-corrected chi connectivity index (χ3v) is 2.57. The largest absolute Gasteiger partial charge is 0.435 e.